The molecule has 1 N–H and O–H groups in total. The lowest BCUT2D eigenvalue weighted by molar-refractivity contribution is 0.0962. The molecule has 0 aliphatic rings. The van der Waals surface area contributed by atoms with Gasteiger partial charge in [-0.15, -0.1) is 11.3 Å². The van der Waals surface area contributed by atoms with E-state index in [0.29, 0.717) is 18.0 Å². The number of amides is 1. The molecule has 134 valence electrons. The van der Waals surface area contributed by atoms with E-state index in [9.17, 15) is 9.59 Å². The van der Waals surface area contributed by atoms with E-state index in [2.05, 4.69) is 48.4 Å². The fraction of sp³-hybridized carbons (Fsp3) is 0.250. The van der Waals surface area contributed by atoms with Crippen LogP contribution in [0, 0.1) is 0 Å². The Balaban J connectivity index is 1.82. The summed E-state index contributed by atoms with van der Waals surface area (Å²) in [6.45, 7) is 4.67. The molecule has 0 aliphatic carbocycles. The maximum absolute atomic E-state index is 12.1. The summed E-state index contributed by atoms with van der Waals surface area (Å²) in [5, 5.41) is 5.43. The predicted molar refractivity (Wildman–Crippen MR) is 105 cm³/mol. The molecule has 0 spiro atoms. The lowest BCUT2D eigenvalue weighted by Gasteiger charge is -2.06. The van der Waals surface area contributed by atoms with E-state index in [1.54, 1.807) is 24.6 Å². The Bertz CT molecular complexity index is 971. The molecule has 0 unspecified atom stereocenters. The first-order valence-corrected chi connectivity index (χ1v) is 9.33. The van der Waals surface area contributed by atoms with Crippen molar-refractivity contribution in [3.8, 4) is 10.6 Å². The minimum Gasteiger partial charge on any atom is -0.355 e. The average molecular weight is 367 g/mol. The summed E-state index contributed by atoms with van der Waals surface area (Å²) in [7, 11) is 1.56. The van der Waals surface area contributed by atoms with Crippen LogP contribution < -0.4 is 10.9 Å². The molecule has 0 atom stereocenters. The minimum atomic E-state index is -0.219. The first kappa shape index (κ1) is 18.1. The number of pyridine rings is 1. The zero-order valence-corrected chi connectivity index (χ0v) is 15.8. The lowest BCUT2D eigenvalue weighted by atomic mass is 10.0. The SMILES string of the molecule is CNC(=O)c1ccc(=O)n(Cc2csc(-c3ccc(C(C)C)cc3)n2)c1. The van der Waals surface area contributed by atoms with Crippen LogP contribution in [0.15, 0.2) is 52.8 Å². The predicted octanol–water partition coefficient (Wildman–Crippen LogP) is 3.50. The number of rotatable bonds is 5. The Kier molecular flexibility index (Phi) is 5.32. The summed E-state index contributed by atoms with van der Waals surface area (Å²) in [5.41, 5.74) is 3.45. The third-order valence-electron chi connectivity index (χ3n) is 4.18. The second kappa shape index (κ2) is 7.66. The van der Waals surface area contributed by atoms with Gasteiger partial charge in [0.1, 0.15) is 5.01 Å². The third-order valence-corrected chi connectivity index (χ3v) is 5.12. The van der Waals surface area contributed by atoms with E-state index in [4.69, 9.17) is 0 Å². The molecule has 2 heterocycles. The molecule has 2 aromatic heterocycles. The van der Waals surface area contributed by atoms with Crippen LogP contribution in [0.25, 0.3) is 10.6 Å². The van der Waals surface area contributed by atoms with Crippen molar-refractivity contribution in [1.82, 2.24) is 14.9 Å². The second-order valence-corrected chi connectivity index (χ2v) is 7.24. The fourth-order valence-electron chi connectivity index (χ4n) is 2.63. The molecule has 0 saturated heterocycles. The smallest absolute Gasteiger partial charge is 0.252 e. The molecule has 0 aliphatic heterocycles. The summed E-state index contributed by atoms with van der Waals surface area (Å²) in [4.78, 5) is 28.5. The average Bonchev–Trinajstić information content (AvgIpc) is 3.11. The van der Waals surface area contributed by atoms with Gasteiger partial charge in [0, 0.05) is 30.3 Å². The van der Waals surface area contributed by atoms with Crippen molar-refractivity contribution in [2.45, 2.75) is 26.3 Å². The Morgan fingerprint density at radius 3 is 2.58 bits per heavy atom. The number of aromatic nitrogens is 2. The van der Waals surface area contributed by atoms with Gasteiger partial charge in [-0.1, -0.05) is 38.1 Å². The highest BCUT2D eigenvalue weighted by Gasteiger charge is 2.09. The van der Waals surface area contributed by atoms with Gasteiger partial charge in [0.25, 0.3) is 11.5 Å². The number of nitrogens with zero attached hydrogens (tertiary/aromatic N) is 2. The van der Waals surface area contributed by atoms with Crippen molar-refractivity contribution in [3.63, 3.8) is 0 Å². The van der Waals surface area contributed by atoms with Gasteiger partial charge in [-0.2, -0.15) is 0 Å². The van der Waals surface area contributed by atoms with Crippen molar-refractivity contribution in [1.29, 1.82) is 0 Å². The highest BCUT2D eigenvalue weighted by Crippen LogP contribution is 2.26. The highest BCUT2D eigenvalue weighted by atomic mass is 32.1. The number of thiazole rings is 1. The van der Waals surface area contributed by atoms with Crippen LogP contribution in [0.1, 0.15) is 41.4 Å². The Morgan fingerprint density at radius 1 is 1.19 bits per heavy atom. The standard InChI is InChI=1S/C20H21N3O2S/c1-13(2)14-4-6-15(7-5-14)20-22-17(12-26-20)11-23-10-16(19(25)21-3)8-9-18(23)24/h4-10,12-13H,11H2,1-3H3,(H,21,25). The van der Waals surface area contributed by atoms with Crippen LogP contribution in [0.3, 0.4) is 0 Å². The molecule has 0 fully saturated rings. The molecular formula is C20H21N3O2S. The van der Waals surface area contributed by atoms with Gasteiger partial charge >= 0.3 is 0 Å². The van der Waals surface area contributed by atoms with Crippen molar-refractivity contribution in [2.75, 3.05) is 7.05 Å². The Labute approximate surface area is 156 Å². The highest BCUT2D eigenvalue weighted by molar-refractivity contribution is 7.13. The number of carbonyl (C=O) groups excluding carboxylic acids is 1. The summed E-state index contributed by atoms with van der Waals surface area (Å²) in [5.74, 6) is 0.276. The zero-order valence-electron chi connectivity index (χ0n) is 15.0. The second-order valence-electron chi connectivity index (χ2n) is 6.38. The van der Waals surface area contributed by atoms with Gasteiger partial charge in [0.15, 0.2) is 0 Å². The molecule has 5 nitrogen and oxygen atoms in total. The van der Waals surface area contributed by atoms with Gasteiger partial charge in [0.05, 0.1) is 17.8 Å². The maximum Gasteiger partial charge on any atom is 0.252 e. The summed E-state index contributed by atoms with van der Waals surface area (Å²) in [6.07, 6.45) is 1.57. The third kappa shape index (κ3) is 3.91. The topological polar surface area (TPSA) is 64.0 Å². The first-order chi connectivity index (χ1) is 12.5. The molecule has 1 amide bonds. The van der Waals surface area contributed by atoms with Gasteiger partial charge in [-0.05, 0) is 17.5 Å². The number of hydrogen-bond acceptors (Lipinski definition) is 4. The van der Waals surface area contributed by atoms with Crippen LogP contribution in [0.5, 0.6) is 0 Å². The Morgan fingerprint density at radius 2 is 1.92 bits per heavy atom. The van der Waals surface area contributed by atoms with Crippen molar-refractivity contribution >= 4 is 17.2 Å². The molecule has 3 rings (SSSR count). The van der Waals surface area contributed by atoms with E-state index >= 15 is 0 Å². The number of hydrogen-bond donors (Lipinski definition) is 1. The first-order valence-electron chi connectivity index (χ1n) is 8.45. The molecular weight excluding hydrogens is 346 g/mol. The van der Waals surface area contributed by atoms with E-state index in [0.717, 1.165) is 16.3 Å². The molecule has 0 saturated carbocycles. The molecule has 0 radical (unpaired) electrons. The summed E-state index contributed by atoms with van der Waals surface area (Å²) >= 11 is 1.55. The van der Waals surface area contributed by atoms with Crippen LogP contribution in [0.4, 0.5) is 0 Å². The summed E-state index contributed by atoms with van der Waals surface area (Å²) < 4.78 is 1.51. The van der Waals surface area contributed by atoms with Crippen LogP contribution in [0.2, 0.25) is 0 Å². The fourth-order valence-corrected chi connectivity index (χ4v) is 3.45. The van der Waals surface area contributed by atoms with E-state index in [1.807, 2.05) is 5.38 Å². The van der Waals surface area contributed by atoms with Crippen LogP contribution in [-0.2, 0) is 6.54 Å². The Hall–Kier alpha value is -2.73. The molecule has 26 heavy (non-hydrogen) atoms. The van der Waals surface area contributed by atoms with Gasteiger partial charge in [-0.25, -0.2) is 4.98 Å². The van der Waals surface area contributed by atoms with Crippen LogP contribution >= 0.6 is 11.3 Å². The molecule has 6 heteroatoms. The number of nitrogens with one attached hydrogen (secondary N) is 1. The molecule has 3 aromatic rings. The van der Waals surface area contributed by atoms with Crippen molar-refractivity contribution < 1.29 is 4.79 Å². The number of carbonyl (C=O) groups is 1. The van der Waals surface area contributed by atoms with Crippen molar-refractivity contribution in [3.05, 3.63) is 75.1 Å². The van der Waals surface area contributed by atoms with E-state index < -0.39 is 0 Å². The van der Waals surface area contributed by atoms with E-state index in [1.165, 1.54) is 22.3 Å². The normalized spacial score (nSPS) is 10.9. The van der Waals surface area contributed by atoms with E-state index in [-0.39, 0.29) is 11.5 Å². The quantitative estimate of drug-likeness (QED) is 0.751. The minimum absolute atomic E-state index is 0.159. The lowest BCUT2D eigenvalue weighted by Crippen LogP contribution is -2.24. The largest absolute Gasteiger partial charge is 0.355 e. The molecule has 0 bridgehead atoms. The van der Waals surface area contributed by atoms with Gasteiger partial charge < -0.3 is 9.88 Å². The van der Waals surface area contributed by atoms with Gasteiger partial charge in [0.2, 0.25) is 0 Å². The maximum atomic E-state index is 12.1. The summed E-state index contributed by atoms with van der Waals surface area (Å²) in [6, 6.07) is 11.3. The zero-order chi connectivity index (χ0) is 18.7. The monoisotopic (exact) mass is 367 g/mol. The molecule has 1 aromatic carbocycles. The van der Waals surface area contributed by atoms with Crippen LogP contribution in [-0.4, -0.2) is 22.5 Å². The van der Waals surface area contributed by atoms with Crippen molar-refractivity contribution in [2.24, 2.45) is 0 Å². The van der Waals surface area contributed by atoms with Gasteiger partial charge in [-0.3, -0.25) is 9.59 Å². The number of benzene rings is 1.